The normalized spacial score (nSPS) is 18.1. The number of ether oxygens (including phenoxy) is 2. The van der Waals surface area contributed by atoms with Crippen LogP contribution in [0.5, 0.6) is 0 Å². The van der Waals surface area contributed by atoms with Gasteiger partial charge < -0.3 is 9.47 Å². The van der Waals surface area contributed by atoms with Gasteiger partial charge in [0, 0.05) is 29.8 Å². The number of hydrogen-bond donors (Lipinski definition) is 0. The predicted molar refractivity (Wildman–Crippen MR) is 91.1 cm³/mol. The van der Waals surface area contributed by atoms with Crippen LogP contribution in [0.3, 0.4) is 0 Å². The maximum atomic E-state index is 12.0. The highest BCUT2D eigenvalue weighted by Gasteiger charge is 2.34. The minimum Gasteiger partial charge on any atom is -0.466 e. The third-order valence-electron chi connectivity index (χ3n) is 3.60. The lowest BCUT2D eigenvalue weighted by molar-refractivity contribution is -0.141. The van der Waals surface area contributed by atoms with E-state index in [-0.39, 0.29) is 18.0 Å². The zero-order valence-corrected chi connectivity index (χ0v) is 14.8. The van der Waals surface area contributed by atoms with Gasteiger partial charge in [-0.05, 0) is 18.1 Å². The van der Waals surface area contributed by atoms with Crippen LogP contribution < -0.4 is 0 Å². The van der Waals surface area contributed by atoms with Crippen molar-refractivity contribution in [3.05, 3.63) is 58.7 Å². The molecular formula is C18H19BrO4. The molecule has 0 saturated carbocycles. The van der Waals surface area contributed by atoms with Crippen LogP contribution in [0, 0.1) is 0 Å². The van der Waals surface area contributed by atoms with Crippen molar-refractivity contribution >= 4 is 27.9 Å². The van der Waals surface area contributed by atoms with Crippen LogP contribution in [-0.2, 0) is 19.1 Å². The molecule has 5 heteroatoms. The fraction of sp³-hybridized carbons (Fsp3) is 0.333. The molecule has 0 N–H and O–H groups in total. The Morgan fingerprint density at radius 3 is 2.65 bits per heavy atom. The first-order valence-electron chi connectivity index (χ1n) is 7.40. The molecule has 1 heterocycles. The van der Waals surface area contributed by atoms with E-state index in [0.717, 1.165) is 16.7 Å². The first kappa shape index (κ1) is 17.5. The van der Waals surface area contributed by atoms with E-state index >= 15 is 0 Å². The Labute approximate surface area is 144 Å². The first-order chi connectivity index (χ1) is 11.0. The zero-order valence-electron chi connectivity index (χ0n) is 13.2. The van der Waals surface area contributed by atoms with Crippen LogP contribution in [-0.4, -0.2) is 23.9 Å². The summed E-state index contributed by atoms with van der Waals surface area (Å²) in [7, 11) is 0. The molecule has 1 atom stereocenters. The molecule has 0 aromatic heterocycles. The highest BCUT2D eigenvalue weighted by Crippen LogP contribution is 2.39. The minimum atomic E-state index is -0.388. The molecule has 1 unspecified atom stereocenters. The molecule has 0 radical (unpaired) electrons. The average molecular weight is 379 g/mol. The summed E-state index contributed by atoms with van der Waals surface area (Å²) in [6, 6.07) is 9.67. The number of rotatable bonds is 6. The van der Waals surface area contributed by atoms with Gasteiger partial charge in [0.15, 0.2) is 6.10 Å². The van der Waals surface area contributed by atoms with Crippen LogP contribution in [0.15, 0.2) is 53.1 Å². The predicted octanol–water partition coefficient (Wildman–Crippen LogP) is 3.88. The molecule has 1 aromatic carbocycles. The average Bonchev–Trinajstić information content (AvgIpc) is 2.84. The van der Waals surface area contributed by atoms with E-state index in [0.29, 0.717) is 23.9 Å². The summed E-state index contributed by atoms with van der Waals surface area (Å²) in [6.45, 7) is 3.49. The van der Waals surface area contributed by atoms with Gasteiger partial charge in [0.25, 0.3) is 0 Å². The van der Waals surface area contributed by atoms with Crippen LogP contribution in [0.4, 0.5) is 0 Å². The molecule has 0 saturated heterocycles. The molecule has 122 valence electrons. The number of carbonyl (C=O) groups is 2. The molecule has 0 aliphatic carbocycles. The highest BCUT2D eigenvalue weighted by atomic mass is 79.9. The molecule has 0 bridgehead atoms. The van der Waals surface area contributed by atoms with Crippen LogP contribution in [0.25, 0.3) is 0 Å². The van der Waals surface area contributed by atoms with Crippen molar-refractivity contribution < 1.29 is 19.1 Å². The summed E-state index contributed by atoms with van der Waals surface area (Å²) < 4.78 is 10.5. The molecule has 0 amide bonds. The minimum absolute atomic E-state index is 0.291. The van der Waals surface area contributed by atoms with Gasteiger partial charge in [-0.3, -0.25) is 4.79 Å². The maximum absolute atomic E-state index is 12.0. The Morgan fingerprint density at radius 2 is 2.04 bits per heavy atom. The summed E-state index contributed by atoms with van der Waals surface area (Å²) in [6.07, 6.45) is 2.18. The summed E-state index contributed by atoms with van der Waals surface area (Å²) >= 11 is 3.48. The van der Waals surface area contributed by atoms with E-state index in [1.54, 1.807) is 6.92 Å². The van der Waals surface area contributed by atoms with Gasteiger partial charge in [0.1, 0.15) is 0 Å². The van der Waals surface area contributed by atoms with Crippen molar-refractivity contribution in [3.63, 3.8) is 0 Å². The van der Waals surface area contributed by atoms with E-state index in [1.165, 1.54) is 6.92 Å². The van der Waals surface area contributed by atoms with Gasteiger partial charge in [-0.15, -0.1) is 0 Å². The van der Waals surface area contributed by atoms with Gasteiger partial charge in [0.05, 0.1) is 6.61 Å². The molecule has 1 aromatic rings. The molecule has 0 spiro atoms. The van der Waals surface area contributed by atoms with Crippen LogP contribution >= 0.6 is 15.9 Å². The second kappa shape index (κ2) is 8.11. The Morgan fingerprint density at radius 1 is 1.35 bits per heavy atom. The number of halogens is 1. The zero-order chi connectivity index (χ0) is 16.8. The van der Waals surface area contributed by atoms with Crippen molar-refractivity contribution in [3.8, 4) is 0 Å². The maximum Gasteiger partial charge on any atom is 0.335 e. The lowest BCUT2D eigenvalue weighted by Crippen LogP contribution is -2.06. The number of carbonyl (C=O) groups excluding carboxylic acids is 2. The summed E-state index contributed by atoms with van der Waals surface area (Å²) in [5, 5.41) is 0.597. The largest absolute Gasteiger partial charge is 0.466 e. The van der Waals surface area contributed by atoms with Crippen molar-refractivity contribution in [1.29, 1.82) is 0 Å². The fourth-order valence-corrected chi connectivity index (χ4v) is 3.04. The van der Waals surface area contributed by atoms with Crippen LogP contribution in [0.1, 0.15) is 31.9 Å². The van der Waals surface area contributed by atoms with Crippen molar-refractivity contribution in [2.24, 2.45) is 0 Å². The van der Waals surface area contributed by atoms with Crippen LogP contribution in [0.2, 0.25) is 0 Å². The second-order valence-electron chi connectivity index (χ2n) is 5.23. The van der Waals surface area contributed by atoms with Gasteiger partial charge in [0.2, 0.25) is 0 Å². The molecule has 1 aliphatic heterocycles. The molecular weight excluding hydrogens is 360 g/mol. The number of benzene rings is 1. The number of hydrogen-bond acceptors (Lipinski definition) is 4. The van der Waals surface area contributed by atoms with E-state index in [1.807, 2.05) is 36.4 Å². The van der Waals surface area contributed by atoms with E-state index in [2.05, 4.69) is 15.9 Å². The SMILES string of the molecule is CC(=O)OCC/C=C(\CBr)C1=C(C)C(=O)OC1c1ccccc1. The number of esters is 2. The third kappa shape index (κ3) is 4.32. The highest BCUT2D eigenvalue weighted by molar-refractivity contribution is 9.09. The third-order valence-corrected chi connectivity index (χ3v) is 4.21. The fourth-order valence-electron chi connectivity index (χ4n) is 2.51. The second-order valence-corrected chi connectivity index (χ2v) is 5.79. The molecule has 4 nitrogen and oxygen atoms in total. The van der Waals surface area contributed by atoms with Crippen molar-refractivity contribution in [2.45, 2.75) is 26.4 Å². The Hall–Kier alpha value is -1.88. The van der Waals surface area contributed by atoms with Gasteiger partial charge >= 0.3 is 11.9 Å². The lowest BCUT2D eigenvalue weighted by atomic mass is 9.93. The topological polar surface area (TPSA) is 52.6 Å². The van der Waals surface area contributed by atoms with E-state index < -0.39 is 0 Å². The van der Waals surface area contributed by atoms with E-state index in [9.17, 15) is 9.59 Å². The molecule has 1 aliphatic rings. The molecule has 2 rings (SSSR count). The van der Waals surface area contributed by atoms with Crippen molar-refractivity contribution in [2.75, 3.05) is 11.9 Å². The summed E-state index contributed by atoms with van der Waals surface area (Å²) in [5.41, 5.74) is 3.44. The standard InChI is InChI=1S/C18H19BrO4/c1-12-16(15(11-19)9-6-10-22-13(2)20)17(23-18(12)21)14-7-4-3-5-8-14/h3-5,7-9,17H,6,10-11H2,1-2H3/b15-9+. The summed E-state index contributed by atoms with van der Waals surface area (Å²) in [4.78, 5) is 22.8. The lowest BCUT2D eigenvalue weighted by Gasteiger charge is -2.16. The number of cyclic esters (lactones) is 1. The van der Waals surface area contributed by atoms with Crippen molar-refractivity contribution in [1.82, 2.24) is 0 Å². The Bertz CT molecular complexity index is 646. The van der Waals surface area contributed by atoms with Gasteiger partial charge in [-0.2, -0.15) is 0 Å². The van der Waals surface area contributed by atoms with Gasteiger partial charge in [-0.25, -0.2) is 4.79 Å². The Balaban J connectivity index is 2.25. The number of alkyl halides is 1. The van der Waals surface area contributed by atoms with Gasteiger partial charge in [-0.1, -0.05) is 52.3 Å². The van der Waals surface area contributed by atoms with E-state index in [4.69, 9.17) is 9.47 Å². The Kier molecular flexibility index (Phi) is 6.16. The molecule has 0 fully saturated rings. The quantitative estimate of drug-likeness (QED) is 0.428. The monoisotopic (exact) mass is 378 g/mol. The smallest absolute Gasteiger partial charge is 0.335 e. The molecule has 23 heavy (non-hydrogen) atoms. The summed E-state index contributed by atoms with van der Waals surface area (Å²) in [5.74, 6) is -0.587. The first-order valence-corrected chi connectivity index (χ1v) is 8.52.